The number of hydrogen-bond acceptors (Lipinski definition) is 4. The van der Waals surface area contributed by atoms with Gasteiger partial charge in [-0.15, -0.1) is 0 Å². The zero-order valence-electron chi connectivity index (χ0n) is 12.9. The Morgan fingerprint density at radius 2 is 1.91 bits per heavy atom. The maximum absolute atomic E-state index is 12.4. The van der Waals surface area contributed by atoms with E-state index in [0.29, 0.717) is 12.5 Å². The summed E-state index contributed by atoms with van der Waals surface area (Å²) in [5, 5.41) is 8.42. The van der Waals surface area contributed by atoms with Gasteiger partial charge in [-0.2, -0.15) is 10.2 Å². The first-order chi connectivity index (χ1) is 10.6. The maximum atomic E-state index is 12.4. The number of hydrogen-bond donors (Lipinski definition) is 0. The minimum Gasteiger partial charge on any atom is -0.305 e. The minimum atomic E-state index is 0.207. The molecule has 4 rings (SSSR count). The van der Waals surface area contributed by atoms with E-state index in [9.17, 15) is 4.79 Å². The summed E-state index contributed by atoms with van der Waals surface area (Å²) in [6.07, 6.45) is 9.27. The summed E-state index contributed by atoms with van der Waals surface area (Å²) < 4.78 is 3.57. The van der Waals surface area contributed by atoms with E-state index in [1.54, 1.807) is 10.9 Å². The van der Waals surface area contributed by atoms with Crippen LogP contribution in [0.3, 0.4) is 0 Å². The summed E-state index contributed by atoms with van der Waals surface area (Å²) in [6, 6.07) is 0.571. The van der Waals surface area contributed by atoms with E-state index >= 15 is 0 Å². The highest BCUT2D eigenvalue weighted by atomic mass is 16.2. The van der Waals surface area contributed by atoms with E-state index in [2.05, 4.69) is 15.1 Å². The van der Waals surface area contributed by atoms with Crippen molar-refractivity contribution in [3.05, 3.63) is 30.4 Å². The van der Waals surface area contributed by atoms with Crippen molar-refractivity contribution in [1.82, 2.24) is 24.5 Å². The van der Waals surface area contributed by atoms with Gasteiger partial charge in [0, 0.05) is 57.6 Å². The average molecular weight is 300 g/mol. The number of fused-ring (bicyclic) bond motifs is 1. The monoisotopic (exact) mass is 300 g/mol. The van der Waals surface area contributed by atoms with Crippen LogP contribution in [-0.4, -0.2) is 49.0 Å². The van der Waals surface area contributed by atoms with E-state index in [1.165, 1.54) is 5.56 Å². The number of amides is 1. The average Bonchev–Trinajstić information content (AvgIpc) is 3.20. The third-order valence-electron chi connectivity index (χ3n) is 4.72. The fourth-order valence-corrected chi connectivity index (χ4v) is 3.78. The molecule has 2 aromatic rings. The summed E-state index contributed by atoms with van der Waals surface area (Å²) in [5.41, 5.74) is 2.12. The normalized spacial score (nSPS) is 25.2. The molecular formula is C15H20N6O. The molecule has 0 aromatic carbocycles. The Morgan fingerprint density at radius 3 is 2.59 bits per heavy atom. The molecule has 7 heteroatoms. The number of aromatic nitrogens is 4. The highest BCUT2D eigenvalue weighted by Gasteiger charge is 2.47. The van der Waals surface area contributed by atoms with E-state index in [4.69, 9.17) is 0 Å². The zero-order chi connectivity index (χ0) is 15.3. The van der Waals surface area contributed by atoms with Crippen LogP contribution in [0.1, 0.15) is 18.4 Å². The van der Waals surface area contributed by atoms with Gasteiger partial charge in [0.2, 0.25) is 5.91 Å². The second-order valence-electron chi connectivity index (χ2n) is 6.26. The van der Waals surface area contributed by atoms with Crippen LogP contribution in [0.15, 0.2) is 24.8 Å². The van der Waals surface area contributed by atoms with Gasteiger partial charge in [-0.3, -0.25) is 19.1 Å². The predicted molar refractivity (Wildman–Crippen MR) is 81.1 cm³/mol. The van der Waals surface area contributed by atoms with Crippen molar-refractivity contribution in [2.45, 2.75) is 31.5 Å². The van der Waals surface area contributed by atoms with Gasteiger partial charge in [-0.1, -0.05) is 0 Å². The molecule has 0 bridgehead atoms. The Labute approximate surface area is 129 Å². The van der Waals surface area contributed by atoms with Gasteiger partial charge < -0.3 is 4.90 Å². The van der Waals surface area contributed by atoms with Gasteiger partial charge in [0.1, 0.15) is 0 Å². The lowest BCUT2D eigenvalue weighted by Crippen LogP contribution is -2.37. The first kappa shape index (κ1) is 13.5. The van der Waals surface area contributed by atoms with Crippen LogP contribution < -0.4 is 4.90 Å². The van der Waals surface area contributed by atoms with Gasteiger partial charge in [-0.05, 0) is 6.42 Å². The molecule has 2 aliphatic heterocycles. The second-order valence-corrected chi connectivity index (χ2v) is 6.26. The summed E-state index contributed by atoms with van der Waals surface area (Å²) >= 11 is 0. The van der Waals surface area contributed by atoms with Gasteiger partial charge in [0.25, 0.3) is 0 Å². The van der Waals surface area contributed by atoms with E-state index in [1.807, 2.05) is 42.3 Å². The number of rotatable bonds is 3. The van der Waals surface area contributed by atoms with E-state index in [0.717, 1.165) is 25.2 Å². The maximum Gasteiger partial charge on any atom is 0.229 e. The van der Waals surface area contributed by atoms with Crippen molar-refractivity contribution in [3.63, 3.8) is 0 Å². The largest absolute Gasteiger partial charge is 0.305 e. The molecule has 1 amide bonds. The first-order valence-electron chi connectivity index (χ1n) is 7.64. The molecule has 2 fully saturated rings. The highest BCUT2D eigenvalue weighted by Crippen LogP contribution is 2.36. The summed E-state index contributed by atoms with van der Waals surface area (Å²) in [6.45, 7) is 1.89. The van der Waals surface area contributed by atoms with Crippen molar-refractivity contribution in [2.75, 3.05) is 11.4 Å². The van der Waals surface area contributed by atoms with Crippen LogP contribution in [0.2, 0.25) is 0 Å². The highest BCUT2D eigenvalue weighted by molar-refractivity contribution is 5.97. The van der Waals surface area contributed by atoms with E-state index in [-0.39, 0.29) is 11.9 Å². The topological polar surface area (TPSA) is 59.2 Å². The van der Waals surface area contributed by atoms with Crippen LogP contribution >= 0.6 is 0 Å². The molecular weight excluding hydrogens is 280 g/mol. The number of carbonyl (C=O) groups excluding carboxylic acids is 1. The van der Waals surface area contributed by atoms with Crippen molar-refractivity contribution in [2.24, 2.45) is 14.1 Å². The number of nitrogens with zero attached hydrogens (tertiary/aromatic N) is 6. The molecule has 0 aliphatic carbocycles. The summed E-state index contributed by atoms with van der Waals surface area (Å²) in [5.74, 6) is 0.207. The molecule has 22 heavy (non-hydrogen) atoms. The van der Waals surface area contributed by atoms with Crippen molar-refractivity contribution < 1.29 is 4.79 Å². The third-order valence-corrected chi connectivity index (χ3v) is 4.72. The van der Waals surface area contributed by atoms with Gasteiger partial charge in [0.05, 0.1) is 24.1 Å². The number of aryl methyl sites for hydroxylation is 2. The molecule has 0 N–H and O–H groups in total. The second kappa shape index (κ2) is 4.95. The van der Waals surface area contributed by atoms with Crippen LogP contribution in [0.25, 0.3) is 0 Å². The molecule has 2 saturated heterocycles. The molecule has 2 aromatic heterocycles. The molecule has 2 atom stereocenters. The SMILES string of the molecule is Cn1cc(CN2CC[C@@H]3[C@H]2CC(=O)N3c2cnn(C)c2)cn1. The molecule has 0 radical (unpaired) electrons. The van der Waals surface area contributed by atoms with Crippen molar-refractivity contribution >= 4 is 11.6 Å². The van der Waals surface area contributed by atoms with E-state index < -0.39 is 0 Å². The van der Waals surface area contributed by atoms with Gasteiger partial charge >= 0.3 is 0 Å². The first-order valence-corrected chi connectivity index (χ1v) is 7.64. The minimum absolute atomic E-state index is 0.207. The number of likely N-dealkylation sites (tertiary alicyclic amines) is 1. The Hall–Kier alpha value is -2.15. The van der Waals surface area contributed by atoms with Crippen LogP contribution in [0.4, 0.5) is 5.69 Å². The van der Waals surface area contributed by atoms with Gasteiger partial charge in [0.15, 0.2) is 0 Å². The molecule has 7 nitrogen and oxygen atoms in total. The van der Waals surface area contributed by atoms with Crippen LogP contribution in [0, 0.1) is 0 Å². The van der Waals surface area contributed by atoms with Crippen molar-refractivity contribution in [1.29, 1.82) is 0 Å². The van der Waals surface area contributed by atoms with Crippen LogP contribution in [-0.2, 0) is 25.4 Å². The standard InChI is InChI=1S/C15H20N6O/c1-18-8-11(6-16-18)9-20-4-3-13-14(20)5-15(22)21(13)12-7-17-19(2)10-12/h6-8,10,13-14H,3-5,9H2,1-2H3/t13-,14-/m1/s1. The fourth-order valence-electron chi connectivity index (χ4n) is 3.78. The molecule has 2 aliphatic rings. The number of carbonyl (C=O) groups is 1. The Bertz CT molecular complexity index is 704. The molecule has 116 valence electrons. The smallest absolute Gasteiger partial charge is 0.229 e. The quantitative estimate of drug-likeness (QED) is 0.830. The summed E-state index contributed by atoms with van der Waals surface area (Å²) in [7, 11) is 3.81. The third kappa shape index (κ3) is 2.12. The summed E-state index contributed by atoms with van der Waals surface area (Å²) in [4.78, 5) is 16.8. The predicted octanol–water partition coefficient (Wildman–Crippen LogP) is 0.533. The lowest BCUT2D eigenvalue weighted by atomic mass is 10.1. The Morgan fingerprint density at radius 1 is 1.14 bits per heavy atom. The molecule has 0 saturated carbocycles. The molecule has 0 unspecified atom stereocenters. The lowest BCUT2D eigenvalue weighted by Gasteiger charge is -2.24. The molecule has 0 spiro atoms. The molecule has 4 heterocycles. The lowest BCUT2D eigenvalue weighted by molar-refractivity contribution is -0.117. The van der Waals surface area contributed by atoms with Crippen molar-refractivity contribution in [3.8, 4) is 0 Å². The van der Waals surface area contributed by atoms with Gasteiger partial charge in [-0.25, -0.2) is 0 Å². The van der Waals surface area contributed by atoms with Crippen LogP contribution in [0.5, 0.6) is 0 Å². The Kier molecular flexibility index (Phi) is 3.04. The fraction of sp³-hybridized carbons (Fsp3) is 0.533. The Balaban J connectivity index is 1.54. The number of anilines is 1. The zero-order valence-corrected chi connectivity index (χ0v) is 12.9.